The molecular weight excluding hydrogens is 334 g/mol. The second kappa shape index (κ2) is 8.48. The molecule has 5 heteroatoms. The van der Waals surface area contributed by atoms with Crippen LogP contribution >= 0.6 is 12.4 Å². The van der Waals surface area contributed by atoms with Gasteiger partial charge in [-0.2, -0.15) is 5.26 Å². The van der Waals surface area contributed by atoms with Crippen LogP contribution in [0.4, 0.5) is 5.69 Å². The number of anilines is 1. The third-order valence-electron chi connectivity index (χ3n) is 4.21. The Morgan fingerprint density at radius 2 is 2.04 bits per heavy atom. The molecule has 1 aliphatic rings. The number of nitrogens with zero attached hydrogens (tertiary/aromatic N) is 2. The Hall–Kier alpha value is -2.61. The van der Waals surface area contributed by atoms with Gasteiger partial charge in [0.15, 0.2) is 0 Å². The van der Waals surface area contributed by atoms with Gasteiger partial charge in [-0.05, 0) is 48.4 Å². The lowest BCUT2D eigenvalue weighted by molar-refractivity contribution is -0.111. The number of nitrogens with one attached hydrogen (secondary N) is 1. The zero-order chi connectivity index (χ0) is 16.9. The average Bonchev–Trinajstić information content (AvgIpc) is 2.60. The van der Waals surface area contributed by atoms with Crippen molar-refractivity contribution in [2.24, 2.45) is 0 Å². The van der Waals surface area contributed by atoms with Gasteiger partial charge in [-0.1, -0.05) is 30.3 Å². The summed E-state index contributed by atoms with van der Waals surface area (Å²) >= 11 is 0. The van der Waals surface area contributed by atoms with Crippen LogP contribution in [0.5, 0.6) is 0 Å². The smallest absolute Gasteiger partial charge is 0.248 e. The molecule has 128 valence electrons. The van der Waals surface area contributed by atoms with Crippen LogP contribution in [0, 0.1) is 11.3 Å². The van der Waals surface area contributed by atoms with Crippen molar-refractivity contribution in [3.63, 3.8) is 0 Å². The van der Waals surface area contributed by atoms with Gasteiger partial charge in [-0.15, -0.1) is 12.4 Å². The van der Waals surface area contributed by atoms with Gasteiger partial charge in [0.2, 0.25) is 5.91 Å². The fourth-order valence-corrected chi connectivity index (χ4v) is 2.95. The van der Waals surface area contributed by atoms with Crippen LogP contribution in [0.3, 0.4) is 0 Å². The fourth-order valence-electron chi connectivity index (χ4n) is 2.95. The number of amides is 1. The summed E-state index contributed by atoms with van der Waals surface area (Å²) < 4.78 is 0. The Labute approximate surface area is 154 Å². The fraction of sp³-hybridized carbons (Fsp3) is 0.200. The summed E-state index contributed by atoms with van der Waals surface area (Å²) in [7, 11) is 2.10. The summed E-state index contributed by atoms with van der Waals surface area (Å²) in [5.41, 5.74) is 4.66. The van der Waals surface area contributed by atoms with Gasteiger partial charge in [0.1, 0.15) is 0 Å². The summed E-state index contributed by atoms with van der Waals surface area (Å²) in [6.07, 6.45) is 4.09. The first-order chi connectivity index (χ1) is 11.7. The van der Waals surface area contributed by atoms with E-state index >= 15 is 0 Å². The number of benzene rings is 2. The number of fused-ring (bicyclic) bond motifs is 1. The first-order valence-electron chi connectivity index (χ1n) is 7.95. The topological polar surface area (TPSA) is 56.1 Å². The lowest BCUT2D eigenvalue weighted by atomic mass is 9.98. The van der Waals surface area contributed by atoms with Crippen molar-refractivity contribution in [2.45, 2.75) is 13.0 Å². The second-order valence-electron chi connectivity index (χ2n) is 5.95. The summed E-state index contributed by atoms with van der Waals surface area (Å²) in [4.78, 5) is 14.5. The predicted molar refractivity (Wildman–Crippen MR) is 103 cm³/mol. The largest absolute Gasteiger partial charge is 0.322 e. The maximum atomic E-state index is 12.2. The third kappa shape index (κ3) is 4.48. The van der Waals surface area contributed by atoms with Crippen LogP contribution in [0.2, 0.25) is 0 Å². The van der Waals surface area contributed by atoms with Crippen molar-refractivity contribution in [1.82, 2.24) is 4.90 Å². The van der Waals surface area contributed by atoms with E-state index in [-0.39, 0.29) is 18.3 Å². The molecule has 1 N–H and O–H groups in total. The van der Waals surface area contributed by atoms with Crippen molar-refractivity contribution < 1.29 is 4.79 Å². The molecule has 0 atom stereocenters. The summed E-state index contributed by atoms with van der Waals surface area (Å²) in [6, 6.07) is 15.4. The Balaban J connectivity index is 0.00000225. The molecule has 0 saturated heterocycles. The molecule has 0 bridgehead atoms. The Morgan fingerprint density at radius 3 is 2.84 bits per heavy atom. The number of hydrogen-bond acceptors (Lipinski definition) is 3. The molecule has 0 spiro atoms. The van der Waals surface area contributed by atoms with E-state index in [0.29, 0.717) is 5.56 Å². The van der Waals surface area contributed by atoms with Gasteiger partial charge in [0, 0.05) is 24.9 Å². The zero-order valence-electron chi connectivity index (χ0n) is 14.0. The Kier molecular flexibility index (Phi) is 6.35. The molecule has 1 amide bonds. The molecule has 0 aromatic heterocycles. The highest BCUT2D eigenvalue weighted by molar-refractivity contribution is 6.02. The minimum Gasteiger partial charge on any atom is -0.322 e. The highest BCUT2D eigenvalue weighted by Crippen LogP contribution is 2.25. The van der Waals surface area contributed by atoms with E-state index in [2.05, 4.69) is 29.4 Å². The predicted octanol–water partition coefficient (Wildman–Crippen LogP) is 3.62. The van der Waals surface area contributed by atoms with Crippen LogP contribution in [-0.4, -0.2) is 24.4 Å². The van der Waals surface area contributed by atoms with E-state index in [1.807, 2.05) is 30.3 Å². The van der Waals surface area contributed by atoms with Gasteiger partial charge < -0.3 is 10.2 Å². The lowest BCUT2D eigenvalue weighted by Crippen LogP contribution is -2.27. The first-order valence-corrected chi connectivity index (χ1v) is 7.95. The van der Waals surface area contributed by atoms with Gasteiger partial charge in [-0.25, -0.2) is 0 Å². The molecule has 0 fully saturated rings. The minimum atomic E-state index is -0.185. The van der Waals surface area contributed by atoms with Gasteiger partial charge in [0.25, 0.3) is 0 Å². The van der Waals surface area contributed by atoms with Gasteiger partial charge in [0.05, 0.1) is 11.6 Å². The highest BCUT2D eigenvalue weighted by atomic mass is 35.5. The first kappa shape index (κ1) is 18.7. The van der Waals surface area contributed by atoms with E-state index in [1.54, 1.807) is 12.1 Å². The van der Waals surface area contributed by atoms with E-state index in [0.717, 1.165) is 30.8 Å². The van der Waals surface area contributed by atoms with Gasteiger partial charge >= 0.3 is 0 Å². The number of halogens is 1. The number of hydrogen-bond donors (Lipinski definition) is 1. The van der Waals surface area contributed by atoms with Crippen LogP contribution in [0.1, 0.15) is 22.3 Å². The van der Waals surface area contributed by atoms with E-state index in [9.17, 15) is 4.79 Å². The normalized spacial score (nSPS) is 13.6. The Bertz CT molecular complexity index is 839. The molecule has 0 radical (unpaired) electrons. The maximum absolute atomic E-state index is 12.2. The monoisotopic (exact) mass is 353 g/mol. The molecule has 3 rings (SSSR count). The third-order valence-corrected chi connectivity index (χ3v) is 4.21. The molecular formula is C20H20ClN3O. The number of carbonyl (C=O) groups excluding carboxylic acids is 1. The molecule has 0 saturated carbocycles. The molecule has 0 unspecified atom stereocenters. The standard InChI is InChI=1S/C20H19N3O.ClH/c1-23-12-11-18-17(14-23)7-4-8-19(18)22-20(24)10-9-15-5-2-3-6-16(15)13-21;/h2-10H,11-12,14H2,1H3,(H,22,24);1H/b10-9+;. The van der Waals surface area contributed by atoms with Crippen molar-refractivity contribution in [3.8, 4) is 6.07 Å². The molecule has 1 aliphatic heterocycles. The van der Waals surface area contributed by atoms with Crippen molar-refractivity contribution in [3.05, 3.63) is 70.8 Å². The van der Waals surface area contributed by atoms with E-state index < -0.39 is 0 Å². The maximum Gasteiger partial charge on any atom is 0.248 e. The summed E-state index contributed by atoms with van der Waals surface area (Å²) in [5.74, 6) is -0.185. The average molecular weight is 354 g/mol. The van der Waals surface area contributed by atoms with Crippen LogP contribution in [0.15, 0.2) is 48.5 Å². The van der Waals surface area contributed by atoms with Crippen molar-refractivity contribution in [2.75, 3.05) is 18.9 Å². The quantitative estimate of drug-likeness (QED) is 0.857. The highest BCUT2D eigenvalue weighted by Gasteiger charge is 2.16. The molecule has 2 aromatic carbocycles. The number of likely N-dealkylation sites (N-methyl/N-ethyl adjacent to an activating group) is 1. The number of rotatable bonds is 3. The van der Waals surface area contributed by atoms with Gasteiger partial charge in [-0.3, -0.25) is 4.79 Å². The molecule has 4 nitrogen and oxygen atoms in total. The van der Waals surface area contributed by atoms with E-state index in [4.69, 9.17) is 5.26 Å². The SMILES string of the molecule is CN1CCc2c(cccc2NC(=O)/C=C/c2ccccc2C#N)C1.Cl. The second-order valence-corrected chi connectivity index (χ2v) is 5.95. The van der Waals surface area contributed by atoms with Crippen LogP contribution in [0.25, 0.3) is 6.08 Å². The minimum absolute atomic E-state index is 0. The lowest BCUT2D eigenvalue weighted by Gasteiger charge is -2.26. The molecule has 25 heavy (non-hydrogen) atoms. The number of carbonyl (C=O) groups is 1. The van der Waals surface area contributed by atoms with Crippen molar-refractivity contribution >= 4 is 30.1 Å². The molecule has 2 aromatic rings. The van der Waals surface area contributed by atoms with Crippen LogP contribution in [-0.2, 0) is 17.8 Å². The summed E-state index contributed by atoms with van der Waals surface area (Å²) in [6.45, 7) is 1.90. The van der Waals surface area contributed by atoms with Crippen molar-refractivity contribution in [1.29, 1.82) is 5.26 Å². The van der Waals surface area contributed by atoms with Crippen LogP contribution < -0.4 is 5.32 Å². The zero-order valence-corrected chi connectivity index (χ0v) is 14.8. The molecule has 0 aliphatic carbocycles. The number of nitriles is 1. The summed E-state index contributed by atoms with van der Waals surface area (Å²) in [5, 5.41) is 12.0. The molecule has 1 heterocycles. The van der Waals surface area contributed by atoms with E-state index in [1.165, 1.54) is 17.2 Å². The Morgan fingerprint density at radius 1 is 1.24 bits per heavy atom.